The molecule has 1 fully saturated rings. The highest BCUT2D eigenvalue weighted by Crippen LogP contribution is 2.37. The third-order valence-corrected chi connectivity index (χ3v) is 4.01. The van der Waals surface area contributed by atoms with Crippen molar-refractivity contribution in [2.45, 2.75) is 45.8 Å². The fraction of sp³-hybridized carbons (Fsp3) is 0.538. The van der Waals surface area contributed by atoms with Gasteiger partial charge in [-0.2, -0.15) is 0 Å². The maximum atomic E-state index is 13.9. The van der Waals surface area contributed by atoms with Gasteiger partial charge in [-0.15, -0.1) is 0 Å². The second-order valence-electron chi connectivity index (χ2n) is 5.88. The summed E-state index contributed by atoms with van der Waals surface area (Å²) in [5, 5.41) is 0. The Kier molecular flexibility index (Phi) is 3.42. The van der Waals surface area contributed by atoms with E-state index in [1.165, 1.54) is 0 Å². The van der Waals surface area contributed by atoms with Crippen LogP contribution < -0.4 is 5.46 Å². The molecule has 0 radical (unpaired) electrons. The van der Waals surface area contributed by atoms with Crippen molar-refractivity contribution in [3.05, 3.63) is 28.8 Å². The van der Waals surface area contributed by atoms with Crippen molar-refractivity contribution in [3.63, 3.8) is 0 Å². The minimum atomic E-state index is -1.50. The normalized spacial score (nSPS) is 20.6. The number of rotatable bonds is 1. The maximum absolute atomic E-state index is 13.9. The topological polar surface area (TPSA) is 18.5 Å². The van der Waals surface area contributed by atoms with Gasteiger partial charge < -0.3 is 9.31 Å². The molecule has 2 rings (SSSR count). The Morgan fingerprint density at radius 2 is 1.10 bits per heavy atom. The number of halogens is 4. The van der Waals surface area contributed by atoms with Crippen molar-refractivity contribution in [1.29, 1.82) is 0 Å². The average Bonchev–Trinajstić information content (AvgIpc) is 2.53. The van der Waals surface area contributed by atoms with Crippen molar-refractivity contribution < 1.29 is 26.9 Å². The molecule has 1 aliphatic heterocycles. The summed E-state index contributed by atoms with van der Waals surface area (Å²) in [6, 6.07) is 0. The van der Waals surface area contributed by atoms with E-state index in [0.717, 1.165) is 6.92 Å². The molecule has 110 valence electrons. The molecule has 0 saturated carbocycles. The van der Waals surface area contributed by atoms with Gasteiger partial charge in [-0.05, 0) is 34.6 Å². The summed E-state index contributed by atoms with van der Waals surface area (Å²) in [5.41, 5.74) is -3.31. The molecule has 0 atom stereocenters. The minimum absolute atomic E-state index is 0.708. The summed E-state index contributed by atoms with van der Waals surface area (Å²) in [6.45, 7) is 7.64. The van der Waals surface area contributed by atoms with E-state index in [9.17, 15) is 17.6 Å². The molecular weight excluding hydrogens is 275 g/mol. The summed E-state index contributed by atoms with van der Waals surface area (Å²) >= 11 is 0. The molecule has 0 aromatic heterocycles. The van der Waals surface area contributed by atoms with Gasteiger partial charge in [-0.1, -0.05) is 0 Å². The number of hydrogen-bond donors (Lipinski definition) is 0. The van der Waals surface area contributed by atoms with Crippen molar-refractivity contribution >= 4 is 12.6 Å². The van der Waals surface area contributed by atoms with Crippen molar-refractivity contribution in [3.8, 4) is 0 Å². The van der Waals surface area contributed by atoms with Crippen LogP contribution in [-0.2, 0) is 9.31 Å². The first-order valence-corrected chi connectivity index (χ1v) is 6.17. The van der Waals surface area contributed by atoms with Crippen molar-refractivity contribution in [2.75, 3.05) is 0 Å². The summed E-state index contributed by atoms with van der Waals surface area (Å²) in [5.74, 6) is -5.85. The quantitative estimate of drug-likeness (QED) is 0.450. The lowest BCUT2D eigenvalue weighted by atomic mass is 9.77. The predicted octanol–water partition coefficient (Wildman–Crippen LogP) is 2.85. The Hall–Kier alpha value is -1.08. The molecule has 0 unspecified atom stereocenters. The lowest BCUT2D eigenvalue weighted by Gasteiger charge is -2.32. The van der Waals surface area contributed by atoms with Crippen LogP contribution in [0.1, 0.15) is 33.3 Å². The molecule has 20 heavy (non-hydrogen) atoms. The molecular formula is C13H15BF4O2. The third kappa shape index (κ3) is 2.04. The molecule has 1 aromatic carbocycles. The second kappa shape index (κ2) is 4.46. The van der Waals surface area contributed by atoms with E-state index in [-0.39, 0.29) is 0 Å². The van der Waals surface area contributed by atoms with Gasteiger partial charge in [0.05, 0.1) is 16.7 Å². The zero-order valence-electron chi connectivity index (χ0n) is 11.9. The summed E-state index contributed by atoms with van der Waals surface area (Å²) in [7, 11) is -1.50. The van der Waals surface area contributed by atoms with Crippen LogP contribution in [0.4, 0.5) is 17.6 Å². The second-order valence-corrected chi connectivity index (χ2v) is 5.88. The van der Waals surface area contributed by atoms with Crippen LogP contribution in [0.15, 0.2) is 0 Å². The van der Waals surface area contributed by atoms with E-state index in [1.807, 2.05) is 0 Å². The van der Waals surface area contributed by atoms with Crippen LogP contribution in [0.3, 0.4) is 0 Å². The maximum Gasteiger partial charge on any atom is 0.501 e. The highest BCUT2D eigenvalue weighted by atomic mass is 19.2. The third-order valence-electron chi connectivity index (χ3n) is 4.01. The molecule has 0 amide bonds. The van der Waals surface area contributed by atoms with Crippen molar-refractivity contribution in [1.82, 2.24) is 0 Å². The fourth-order valence-corrected chi connectivity index (χ4v) is 1.93. The van der Waals surface area contributed by atoms with Gasteiger partial charge in [-0.3, -0.25) is 0 Å². The predicted molar refractivity (Wildman–Crippen MR) is 66.7 cm³/mol. The van der Waals surface area contributed by atoms with Crippen LogP contribution >= 0.6 is 0 Å². The largest absolute Gasteiger partial charge is 0.501 e. The Balaban J connectivity index is 2.57. The van der Waals surface area contributed by atoms with E-state index in [4.69, 9.17) is 9.31 Å². The van der Waals surface area contributed by atoms with E-state index in [1.54, 1.807) is 27.7 Å². The standard InChI is InChI=1S/C13H15BF4O2/c1-6-8(15)10(17)7(11(18)9(6)16)14-19-12(2,3)13(4,5)20-14/h1-5H3. The molecule has 1 heterocycles. The molecule has 1 aliphatic rings. The number of benzene rings is 1. The van der Waals surface area contributed by atoms with Crippen molar-refractivity contribution in [2.24, 2.45) is 0 Å². The molecule has 0 spiro atoms. The number of hydrogen-bond acceptors (Lipinski definition) is 2. The molecule has 1 aromatic rings. The van der Waals surface area contributed by atoms with E-state index < -0.39 is 52.6 Å². The van der Waals surface area contributed by atoms with Gasteiger partial charge in [0.15, 0.2) is 23.3 Å². The van der Waals surface area contributed by atoms with E-state index in [0.29, 0.717) is 0 Å². The molecule has 0 bridgehead atoms. The van der Waals surface area contributed by atoms with E-state index in [2.05, 4.69) is 0 Å². The minimum Gasteiger partial charge on any atom is -0.399 e. The monoisotopic (exact) mass is 290 g/mol. The van der Waals surface area contributed by atoms with Gasteiger partial charge in [-0.25, -0.2) is 17.6 Å². The summed E-state index contributed by atoms with van der Waals surface area (Å²) < 4.78 is 65.8. The van der Waals surface area contributed by atoms with Crippen LogP contribution in [0.2, 0.25) is 0 Å². The highest BCUT2D eigenvalue weighted by molar-refractivity contribution is 6.62. The van der Waals surface area contributed by atoms with Gasteiger partial charge in [0, 0.05) is 5.56 Å². The van der Waals surface area contributed by atoms with Gasteiger partial charge in [0.1, 0.15) is 0 Å². The van der Waals surface area contributed by atoms with Crippen LogP contribution in [0, 0.1) is 30.2 Å². The molecule has 0 aliphatic carbocycles. The SMILES string of the molecule is Cc1c(F)c(F)c(B2OC(C)(C)C(C)(C)O2)c(F)c1F. The first-order chi connectivity index (χ1) is 8.99. The molecule has 7 heteroatoms. The zero-order valence-corrected chi connectivity index (χ0v) is 11.9. The zero-order chi connectivity index (χ0) is 15.5. The van der Waals surface area contributed by atoms with E-state index >= 15 is 0 Å². The van der Waals surface area contributed by atoms with Gasteiger partial charge in [0.25, 0.3) is 0 Å². The Labute approximate surface area is 115 Å². The fourth-order valence-electron chi connectivity index (χ4n) is 1.93. The van der Waals surface area contributed by atoms with Gasteiger partial charge >= 0.3 is 7.12 Å². The Morgan fingerprint density at radius 1 is 0.750 bits per heavy atom. The summed E-state index contributed by atoms with van der Waals surface area (Å²) in [4.78, 5) is 0. The Bertz CT molecular complexity index is 527. The average molecular weight is 290 g/mol. The highest BCUT2D eigenvalue weighted by Gasteiger charge is 2.54. The smallest absolute Gasteiger partial charge is 0.399 e. The molecule has 1 saturated heterocycles. The first-order valence-electron chi connectivity index (χ1n) is 6.17. The first kappa shape index (κ1) is 15.3. The Morgan fingerprint density at radius 3 is 1.45 bits per heavy atom. The molecule has 0 N–H and O–H groups in total. The van der Waals surface area contributed by atoms with Gasteiger partial charge in [0.2, 0.25) is 0 Å². The lowest BCUT2D eigenvalue weighted by Crippen LogP contribution is -2.41. The molecule has 2 nitrogen and oxygen atoms in total. The van der Waals surface area contributed by atoms with Crippen LogP contribution in [0.5, 0.6) is 0 Å². The van der Waals surface area contributed by atoms with Crippen LogP contribution in [-0.4, -0.2) is 18.3 Å². The van der Waals surface area contributed by atoms with Crippen LogP contribution in [0.25, 0.3) is 0 Å². The lowest BCUT2D eigenvalue weighted by molar-refractivity contribution is 0.00578. The summed E-state index contributed by atoms with van der Waals surface area (Å²) in [6.07, 6.45) is 0.